The fraction of sp³-hybridized carbons (Fsp3) is 0.0588. The van der Waals surface area contributed by atoms with Crippen molar-refractivity contribution >= 4 is 38.7 Å². The molecule has 0 radical (unpaired) electrons. The summed E-state index contributed by atoms with van der Waals surface area (Å²) in [6.07, 6.45) is 1.50. The molecule has 9 heteroatoms. The standard InChI is InChI=1S/C17H15N3O4S2/c1-12(15-8-4-10-24-15)18-19-17(21)13-6-2-3-7-14(13)20-26(22,23)16-9-5-11-25-16/h2-11,20H,1H3,(H,19,21)/b18-12+. The monoisotopic (exact) mass is 389 g/mol. The van der Waals surface area contributed by atoms with Crippen molar-refractivity contribution in [2.75, 3.05) is 4.72 Å². The molecule has 0 aliphatic heterocycles. The minimum absolute atomic E-state index is 0.156. The zero-order valence-corrected chi connectivity index (χ0v) is 15.3. The second kappa shape index (κ2) is 7.54. The van der Waals surface area contributed by atoms with Gasteiger partial charge in [0.2, 0.25) is 0 Å². The van der Waals surface area contributed by atoms with Crippen LogP contribution in [0, 0.1) is 0 Å². The predicted octanol–water partition coefficient (Wildman–Crippen LogP) is 3.30. The number of para-hydroxylation sites is 1. The van der Waals surface area contributed by atoms with E-state index in [4.69, 9.17) is 4.42 Å². The van der Waals surface area contributed by atoms with Crippen LogP contribution in [0.3, 0.4) is 0 Å². The van der Waals surface area contributed by atoms with Crippen molar-refractivity contribution in [3.8, 4) is 0 Å². The molecule has 0 atom stereocenters. The number of amides is 1. The van der Waals surface area contributed by atoms with Gasteiger partial charge in [0.05, 0.1) is 17.5 Å². The lowest BCUT2D eigenvalue weighted by Crippen LogP contribution is -2.22. The molecule has 2 heterocycles. The minimum atomic E-state index is -3.76. The lowest BCUT2D eigenvalue weighted by Gasteiger charge is -2.10. The van der Waals surface area contributed by atoms with E-state index in [-0.39, 0.29) is 15.5 Å². The maximum Gasteiger partial charge on any atom is 0.273 e. The maximum absolute atomic E-state index is 12.4. The number of anilines is 1. The first-order valence-electron chi connectivity index (χ1n) is 7.51. The smallest absolute Gasteiger partial charge is 0.273 e. The van der Waals surface area contributed by atoms with E-state index < -0.39 is 15.9 Å². The third-order valence-electron chi connectivity index (χ3n) is 3.38. The Morgan fingerprint density at radius 2 is 1.92 bits per heavy atom. The number of carbonyl (C=O) groups is 1. The topological polar surface area (TPSA) is 101 Å². The van der Waals surface area contributed by atoms with E-state index in [0.29, 0.717) is 11.5 Å². The highest BCUT2D eigenvalue weighted by molar-refractivity contribution is 7.94. The van der Waals surface area contributed by atoms with Gasteiger partial charge in [0.1, 0.15) is 15.7 Å². The summed E-state index contributed by atoms with van der Waals surface area (Å²) in [4.78, 5) is 12.4. The van der Waals surface area contributed by atoms with E-state index in [1.807, 2.05) is 0 Å². The molecule has 26 heavy (non-hydrogen) atoms. The van der Waals surface area contributed by atoms with Crippen LogP contribution in [0.25, 0.3) is 0 Å². The van der Waals surface area contributed by atoms with Crippen molar-refractivity contribution in [1.29, 1.82) is 0 Å². The van der Waals surface area contributed by atoms with Gasteiger partial charge in [-0.15, -0.1) is 11.3 Å². The van der Waals surface area contributed by atoms with Crippen LogP contribution in [-0.2, 0) is 10.0 Å². The van der Waals surface area contributed by atoms with Crippen LogP contribution in [0.5, 0.6) is 0 Å². The molecule has 0 aliphatic rings. The molecule has 1 amide bonds. The number of rotatable bonds is 6. The first kappa shape index (κ1) is 17.9. The highest BCUT2D eigenvalue weighted by Gasteiger charge is 2.19. The minimum Gasteiger partial charge on any atom is -0.463 e. The SMILES string of the molecule is C/C(=N\NC(=O)c1ccccc1NS(=O)(=O)c1cccs1)c1ccco1. The summed E-state index contributed by atoms with van der Waals surface area (Å²) < 4.78 is 32.6. The molecule has 1 aromatic carbocycles. The van der Waals surface area contributed by atoms with Gasteiger partial charge in [0.15, 0.2) is 0 Å². The number of sulfonamides is 1. The number of hydrogen-bond donors (Lipinski definition) is 2. The van der Waals surface area contributed by atoms with Crippen molar-refractivity contribution < 1.29 is 17.6 Å². The zero-order valence-electron chi connectivity index (χ0n) is 13.7. The van der Waals surface area contributed by atoms with Crippen LogP contribution in [0.1, 0.15) is 23.0 Å². The molecule has 0 saturated heterocycles. The number of nitrogens with zero attached hydrogens (tertiary/aromatic N) is 1. The summed E-state index contributed by atoms with van der Waals surface area (Å²) in [6, 6.07) is 12.9. The van der Waals surface area contributed by atoms with E-state index in [2.05, 4.69) is 15.2 Å². The van der Waals surface area contributed by atoms with Crippen molar-refractivity contribution in [3.63, 3.8) is 0 Å². The van der Waals surface area contributed by atoms with Crippen LogP contribution in [0.4, 0.5) is 5.69 Å². The summed E-state index contributed by atoms with van der Waals surface area (Å²) in [5.41, 5.74) is 3.22. The average Bonchev–Trinajstić information content (AvgIpc) is 3.33. The van der Waals surface area contributed by atoms with E-state index in [0.717, 1.165) is 11.3 Å². The summed E-state index contributed by atoms with van der Waals surface area (Å²) in [6.45, 7) is 1.69. The van der Waals surface area contributed by atoms with E-state index in [1.165, 1.54) is 24.5 Å². The summed E-state index contributed by atoms with van der Waals surface area (Å²) in [5.74, 6) is -0.0163. The Morgan fingerprint density at radius 1 is 1.12 bits per heavy atom. The van der Waals surface area contributed by atoms with Gasteiger partial charge < -0.3 is 4.42 Å². The molecule has 2 N–H and O–H groups in total. The first-order valence-corrected chi connectivity index (χ1v) is 9.87. The van der Waals surface area contributed by atoms with E-state index in [9.17, 15) is 13.2 Å². The van der Waals surface area contributed by atoms with Crippen molar-refractivity contribution in [2.24, 2.45) is 5.10 Å². The molecule has 0 fully saturated rings. The van der Waals surface area contributed by atoms with Crippen molar-refractivity contribution in [2.45, 2.75) is 11.1 Å². The van der Waals surface area contributed by atoms with Gasteiger partial charge in [0.25, 0.3) is 15.9 Å². The first-order chi connectivity index (χ1) is 12.5. The molecule has 134 valence electrons. The molecule has 2 aromatic heterocycles. The third-order valence-corrected chi connectivity index (χ3v) is 6.14. The Bertz CT molecular complexity index is 1020. The van der Waals surface area contributed by atoms with Gasteiger partial charge in [0, 0.05) is 0 Å². The molecule has 0 spiro atoms. The Hall–Kier alpha value is -2.91. The lowest BCUT2D eigenvalue weighted by atomic mass is 10.2. The summed E-state index contributed by atoms with van der Waals surface area (Å²) >= 11 is 1.09. The number of hydrazone groups is 1. The Labute approximate surface area is 154 Å². The molecule has 7 nitrogen and oxygen atoms in total. The predicted molar refractivity (Wildman–Crippen MR) is 100.0 cm³/mol. The van der Waals surface area contributed by atoms with Gasteiger partial charge >= 0.3 is 0 Å². The Morgan fingerprint density at radius 3 is 2.62 bits per heavy atom. The van der Waals surface area contributed by atoms with Gasteiger partial charge in [-0.3, -0.25) is 9.52 Å². The molecule has 0 aliphatic carbocycles. The summed E-state index contributed by atoms with van der Waals surface area (Å²) in [5, 5.41) is 5.64. The van der Waals surface area contributed by atoms with Crippen LogP contribution < -0.4 is 10.1 Å². The molecule has 3 rings (SSSR count). The normalized spacial score (nSPS) is 12.0. The lowest BCUT2D eigenvalue weighted by molar-refractivity contribution is 0.0955. The van der Waals surface area contributed by atoms with Gasteiger partial charge in [-0.1, -0.05) is 18.2 Å². The van der Waals surface area contributed by atoms with Crippen LogP contribution >= 0.6 is 11.3 Å². The highest BCUT2D eigenvalue weighted by atomic mass is 32.2. The molecule has 3 aromatic rings. The largest absolute Gasteiger partial charge is 0.463 e. The number of thiophene rings is 1. The third kappa shape index (κ3) is 4.01. The van der Waals surface area contributed by atoms with Crippen molar-refractivity contribution in [3.05, 3.63) is 71.5 Å². The van der Waals surface area contributed by atoms with Gasteiger partial charge in [-0.2, -0.15) is 5.10 Å². The van der Waals surface area contributed by atoms with Crippen molar-refractivity contribution in [1.82, 2.24) is 5.43 Å². The van der Waals surface area contributed by atoms with Crippen LogP contribution in [0.15, 0.2) is 73.9 Å². The Balaban J connectivity index is 1.81. The molecular formula is C17H15N3O4S2. The number of carbonyl (C=O) groups excluding carboxylic acids is 1. The quantitative estimate of drug-likeness (QED) is 0.499. The Kier molecular flexibility index (Phi) is 5.19. The number of benzene rings is 1. The van der Waals surface area contributed by atoms with Crippen LogP contribution in [-0.4, -0.2) is 20.0 Å². The molecule has 0 saturated carbocycles. The second-order valence-corrected chi connectivity index (χ2v) is 8.06. The maximum atomic E-state index is 12.4. The molecular weight excluding hydrogens is 374 g/mol. The number of hydrogen-bond acceptors (Lipinski definition) is 6. The molecule has 0 bridgehead atoms. The van der Waals surface area contributed by atoms with Gasteiger partial charge in [-0.25, -0.2) is 13.8 Å². The zero-order chi connectivity index (χ0) is 18.6. The van der Waals surface area contributed by atoms with Crippen LogP contribution in [0.2, 0.25) is 0 Å². The fourth-order valence-corrected chi connectivity index (χ4v) is 4.19. The number of furan rings is 1. The van der Waals surface area contributed by atoms with Gasteiger partial charge in [-0.05, 0) is 42.6 Å². The fourth-order valence-electron chi connectivity index (χ4n) is 2.12. The highest BCUT2D eigenvalue weighted by Crippen LogP contribution is 2.22. The number of nitrogens with one attached hydrogen (secondary N) is 2. The summed E-state index contributed by atoms with van der Waals surface area (Å²) in [7, 11) is -3.76. The molecule has 0 unspecified atom stereocenters. The van der Waals surface area contributed by atoms with E-state index >= 15 is 0 Å². The second-order valence-electron chi connectivity index (χ2n) is 5.20. The average molecular weight is 389 g/mol. The van der Waals surface area contributed by atoms with E-state index in [1.54, 1.807) is 42.6 Å².